The summed E-state index contributed by atoms with van der Waals surface area (Å²) in [4.78, 5) is 2.66. The second-order valence-corrected chi connectivity index (χ2v) is 6.84. The molecule has 16 heavy (non-hydrogen) atoms. The van der Waals surface area contributed by atoms with E-state index in [1.165, 1.54) is 38.6 Å². The summed E-state index contributed by atoms with van der Waals surface area (Å²) in [5, 5.41) is 0. The Morgan fingerprint density at radius 1 is 1.12 bits per heavy atom. The van der Waals surface area contributed by atoms with E-state index in [9.17, 15) is 0 Å². The number of hydrogen-bond donors (Lipinski definition) is 1. The zero-order valence-electron chi connectivity index (χ0n) is 11.2. The van der Waals surface area contributed by atoms with Crippen molar-refractivity contribution in [3.8, 4) is 0 Å². The third-order valence-electron chi connectivity index (χ3n) is 4.76. The van der Waals surface area contributed by atoms with Gasteiger partial charge in [-0.1, -0.05) is 27.2 Å². The summed E-state index contributed by atoms with van der Waals surface area (Å²) in [5.74, 6) is 0.691. The maximum absolute atomic E-state index is 6.13. The average Bonchev–Trinajstić information content (AvgIpc) is 2.43. The molecule has 1 saturated heterocycles. The largest absolute Gasteiger partial charge is 0.326 e. The Hall–Kier alpha value is -0.0800. The van der Waals surface area contributed by atoms with E-state index in [4.69, 9.17) is 5.73 Å². The number of hydrogen-bond acceptors (Lipinski definition) is 2. The molecule has 0 aromatic carbocycles. The van der Waals surface area contributed by atoms with Crippen LogP contribution in [0.5, 0.6) is 0 Å². The van der Waals surface area contributed by atoms with Gasteiger partial charge >= 0.3 is 0 Å². The highest BCUT2D eigenvalue weighted by Crippen LogP contribution is 2.36. The van der Waals surface area contributed by atoms with Crippen LogP contribution in [-0.2, 0) is 0 Å². The molecular weight excluding hydrogens is 196 g/mol. The van der Waals surface area contributed by atoms with E-state index >= 15 is 0 Å². The summed E-state index contributed by atoms with van der Waals surface area (Å²) in [6.07, 6.45) is 6.96. The molecule has 0 bridgehead atoms. The molecule has 3 atom stereocenters. The van der Waals surface area contributed by atoms with Gasteiger partial charge in [0.05, 0.1) is 0 Å². The second-order valence-electron chi connectivity index (χ2n) is 6.84. The minimum atomic E-state index is 0.413. The first-order valence-electron chi connectivity index (χ1n) is 6.97. The third kappa shape index (κ3) is 2.78. The Morgan fingerprint density at radius 2 is 1.88 bits per heavy atom. The topological polar surface area (TPSA) is 29.3 Å². The smallest absolute Gasteiger partial charge is 0.0206 e. The lowest BCUT2D eigenvalue weighted by atomic mass is 9.85. The third-order valence-corrected chi connectivity index (χ3v) is 4.76. The Balaban J connectivity index is 1.91. The molecule has 1 saturated carbocycles. The molecule has 2 aliphatic rings. The molecule has 0 amide bonds. The highest BCUT2D eigenvalue weighted by Gasteiger charge is 2.33. The minimum absolute atomic E-state index is 0.413. The van der Waals surface area contributed by atoms with Crippen LogP contribution in [0.1, 0.15) is 52.9 Å². The van der Waals surface area contributed by atoms with E-state index < -0.39 is 0 Å². The summed E-state index contributed by atoms with van der Waals surface area (Å²) in [7, 11) is 0. The van der Waals surface area contributed by atoms with Crippen molar-refractivity contribution in [2.24, 2.45) is 17.1 Å². The van der Waals surface area contributed by atoms with Crippen molar-refractivity contribution in [1.29, 1.82) is 0 Å². The molecule has 2 nitrogen and oxygen atoms in total. The Bertz CT molecular complexity index is 227. The average molecular weight is 224 g/mol. The molecule has 94 valence electrons. The monoisotopic (exact) mass is 224 g/mol. The van der Waals surface area contributed by atoms with Crippen LogP contribution in [0, 0.1) is 11.3 Å². The van der Waals surface area contributed by atoms with Crippen LogP contribution in [-0.4, -0.2) is 30.1 Å². The SMILES string of the molecule is CC1CN(C2CCCC(C)(C)CC2)CC1N. The fraction of sp³-hybridized carbons (Fsp3) is 1.00. The summed E-state index contributed by atoms with van der Waals surface area (Å²) in [5.41, 5.74) is 6.70. The van der Waals surface area contributed by atoms with Crippen LogP contribution in [0.25, 0.3) is 0 Å². The summed E-state index contributed by atoms with van der Waals surface area (Å²) in [6, 6.07) is 1.23. The van der Waals surface area contributed by atoms with Gasteiger partial charge in [-0.15, -0.1) is 0 Å². The number of nitrogens with zero attached hydrogens (tertiary/aromatic N) is 1. The standard InChI is InChI=1S/C14H28N2/c1-11-9-16(10-13(11)15)12-5-4-7-14(2,3)8-6-12/h11-13H,4-10,15H2,1-3H3. The van der Waals surface area contributed by atoms with E-state index in [0.717, 1.165) is 12.6 Å². The quantitative estimate of drug-likeness (QED) is 0.694. The van der Waals surface area contributed by atoms with Crippen LogP contribution in [0.3, 0.4) is 0 Å². The predicted molar refractivity (Wildman–Crippen MR) is 69.4 cm³/mol. The minimum Gasteiger partial charge on any atom is -0.326 e. The summed E-state index contributed by atoms with van der Waals surface area (Å²) < 4.78 is 0. The highest BCUT2D eigenvalue weighted by atomic mass is 15.2. The van der Waals surface area contributed by atoms with E-state index in [2.05, 4.69) is 25.7 Å². The first-order valence-corrected chi connectivity index (χ1v) is 6.97. The van der Waals surface area contributed by atoms with Crippen molar-refractivity contribution in [3.63, 3.8) is 0 Å². The van der Waals surface area contributed by atoms with Gasteiger partial charge in [0.25, 0.3) is 0 Å². The molecule has 1 heterocycles. The molecule has 0 spiro atoms. The number of rotatable bonds is 1. The lowest BCUT2D eigenvalue weighted by molar-refractivity contribution is 0.207. The van der Waals surface area contributed by atoms with Crippen molar-refractivity contribution in [2.45, 2.75) is 65.0 Å². The van der Waals surface area contributed by atoms with Crippen LogP contribution in [0.2, 0.25) is 0 Å². The van der Waals surface area contributed by atoms with Gasteiger partial charge in [-0.3, -0.25) is 4.90 Å². The van der Waals surface area contributed by atoms with Crippen molar-refractivity contribution in [2.75, 3.05) is 13.1 Å². The molecule has 1 aliphatic carbocycles. The van der Waals surface area contributed by atoms with Gasteiger partial charge in [0.1, 0.15) is 0 Å². The highest BCUT2D eigenvalue weighted by molar-refractivity contribution is 4.90. The predicted octanol–water partition coefficient (Wildman–Crippen LogP) is 2.62. The number of nitrogens with two attached hydrogens (primary N) is 1. The van der Waals surface area contributed by atoms with Crippen LogP contribution < -0.4 is 5.73 Å². The van der Waals surface area contributed by atoms with Crippen molar-refractivity contribution < 1.29 is 0 Å². The molecule has 0 aromatic heterocycles. The Morgan fingerprint density at radius 3 is 2.50 bits per heavy atom. The van der Waals surface area contributed by atoms with Crippen LogP contribution in [0.4, 0.5) is 0 Å². The molecule has 2 N–H and O–H groups in total. The molecule has 0 aromatic rings. The number of likely N-dealkylation sites (tertiary alicyclic amines) is 1. The molecule has 2 heteroatoms. The zero-order valence-corrected chi connectivity index (χ0v) is 11.2. The van der Waals surface area contributed by atoms with Gasteiger partial charge in [0, 0.05) is 25.2 Å². The van der Waals surface area contributed by atoms with E-state index in [0.29, 0.717) is 17.4 Å². The normalized spacial score (nSPS) is 40.9. The zero-order chi connectivity index (χ0) is 11.8. The van der Waals surface area contributed by atoms with E-state index in [-0.39, 0.29) is 0 Å². The second kappa shape index (κ2) is 4.66. The Kier molecular flexibility index (Phi) is 3.60. The van der Waals surface area contributed by atoms with Crippen LogP contribution in [0.15, 0.2) is 0 Å². The van der Waals surface area contributed by atoms with Crippen molar-refractivity contribution in [1.82, 2.24) is 4.90 Å². The fourth-order valence-electron chi connectivity index (χ4n) is 3.34. The molecule has 0 radical (unpaired) electrons. The van der Waals surface area contributed by atoms with Gasteiger partial charge < -0.3 is 5.73 Å². The van der Waals surface area contributed by atoms with E-state index in [1.54, 1.807) is 0 Å². The summed E-state index contributed by atoms with van der Waals surface area (Å²) >= 11 is 0. The lowest BCUT2D eigenvalue weighted by Crippen LogP contribution is -2.35. The van der Waals surface area contributed by atoms with Gasteiger partial charge in [0.15, 0.2) is 0 Å². The molecule has 2 fully saturated rings. The van der Waals surface area contributed by atoms with Gasteiger partial charge in [0.2, 0.25) is 0 Å². The van der Waals surface area contributed by atoms with Gasteiger partial charge in [-0.05, 0) is 37.0 Å². The van der Waals surface area contributed by atoms with E-state index in [1.807, 2.05) is 0 Å². The molecule has 1 aliphatic heterocycles. The maximum atomic E-state index is 6.13. The Labute approximate surface area is 101 Å². The maximum Gasteiger partial charge on any atom is 0.0206 e. The molecular formula is C14H28N2. The van der Waals surface area contributed by atoms with Crippen molar-refractivity contribution in [3.05, 3.63) is 0 Å². The first kappa shape index (κ1) is 12.4. The van der Waals surface area contributed by atoms with Gasteiger partial charge in [-0.2, -0.15) is 0 Å². The molecule has 2 rings (SSSR count). The van der Waals surface area contributed by atoms with Crippen molar-refractivity contribution >= 4 is 0 Å². The first-order chi connectivity index (χ1) is 7.48. The fourth-order valence-corrected chi connectivity index (χ4v) is 3.34. The lowest BCUT2D eigenvalue weighted by Gasteiger charge is -2.27. The molecule has 3 unspecified atom stereocenters. The summed E-state index contributed by atoms with van der Waals surface area (Å²) in [6.45, 7) is 9.51. The van der Waals surface area contributed by atoms with Crippen LogP contribution >= 0.6 is 0 Å². The van der Waals surface area contributed by atoms with Gasteiger partial charge in [-0.25, -0.2) is 0 Å².